The highest BCUT2D eigenvalue weighted by molar-refractivity contribution is 7.71. The van der Waals surface area contributed by atoms with E-state index in [9.17, 15) is 0 Å². The molecule has 0 atom stereocenters. The second-order valence-corrected chi connectivity index (χ2v) is 5.23. The number of hydrogen-bond acceptors (Lipinski definition) is 4. The first-order valence-corrected chi connectivity index (χ1v) is 7.35. The molecule has 2 rings (SSSR count). The molecule has 1 heterocycles. The van der Waals surface area contributed by atoms with E-state index in [-0.39, 0.29) is 0 Å². The van der Waals surface area contributed by atoms with Gasteiger partial charge in [-0.2, -0.15) is 0 Å². The van der Waals surface area contributed by atoms with Gasteiger partial charge >= 0.3 is 0 Å². The lowest BCUT2D eigenvalue weighted by molar-refractivity contribution is 0.196. The summed E-state index contributed by atoms with van der Waals surface area (Å²) in [7, 11) is 1.73. The number of aryl methyl sites for hydroxylation is 1. The molecule has 1 aromatic carbocycles. The zero-order valence-corrected chi connectivity index (χ0v) is 13.1. The van der Waals surface area contributed by atoms with Crippen LogP contribution in [0.1, 0.15) is 18.9 Å². The molecular formula is C16H21NO2S. The molecule has 4 heteroatoms. The Morgan fingerprint density at radius 3 is 2.85 bits per heavy atom. The van der Waals surface area contributed by atoms with Crippen LogP contribution in [-0.4, -0.2) is 26.8 Å². The normalized spacial score (nSPS) is 10.9. The van der Waals surface area contributed by atoms with Gasteiger partial charge in [0.05, 0.1) is 5.69 Å². The van der Waals surface area contributed by atoms with Crippen molar-refractivity contribution in [1.29, 1.82) is 0 Å². The molecule has 0 N–H and O–H groups in total. The molecular weight excluding hydrogens is 270 g/mol. The lowest BCUT2D eigenvalue weighted by Gasteiger charge is -2.24. The highest BCUT2D eigenvalue weighted by Gasteiger charge is 2.11. The van der Waals surface area contributed by atoms with E-state index in [0.29, 0.717) is 4.71 Å². The molecule has 0 aliphatic carbocycles. The third kappa shape index (κ3) is 3.19. The van der Waals surface area contributed by atoms with Gasteiger partial charge in [-0.15, -0.1) is 0 Å². The first kappa shape index (κ1) is 15.0. The largest absolute Gasteiger partial charge is 0.445 e. The zero-order valence-electron chi connectivity index (χ0n) is 12.3. The van der Waals surface area contributed by atoms with Gasteiger partial charge in [-0.1, -0.05) is 12.1 Å². The van der Waals surface area contributed by atoms with Crippen molar-refractivity contribution >= 4 is 28.9 Å². The van der Waals surface area contributed by atoms with Crippen molar-refractivity contribution in [1.82, 2.24) is 0 Å². The van der Waals surface area contributed by atoms with Gasteiger partial charge in [-0.25, -0.2) is 0 Å². The van der Waals surface area contributed by atoms with Gasteiger partial charge < -0.3 is 14.1 Å². The number of para-hydroxylation sites is 1. The number of benzene rings is 1. The predicted octanol–water partition coefficient (Wildman–Crippen LogP) is 4.33. The van der Waals surface area contributed by atoms with Gasteiger partial charge in [-0.3, -0.25) is 0 Å². The molecule has 0 unspecified atom stereocenters. The summed E-state index contributed by atoms with van der Waals surface area (Å²) in [6.07, 6.45) is 0.996. The molecule has 0 saturated carbocycles. The van der Waals surface area contributed by atoms with Gasteiger partial charge in [0, 0.05) is 38.3 Å². The van der Waals surface area contributed by atoms with Crippen LogP contribution in [0.5, 0.6) is 0 Å². The van der Waals surface area contributed by atoms with Crippen LogP contribution < -0.4 is 4.90 Å². The van der Waals surface area contributed by atoms with Crippen molar-refractivity contribution in [3.63, 3.8) is 0 Å². The van der Waals surface area contributed by atoms with Crippen LogP contribution in [0.2, 0.25) is 0 Å². The highest BCUT2D eigenvalue weighted by Crippen LogP contribution is 2.29. The van der Waals surface area contributed by atoms with Crippen molar-refractivity contribution in [3.05, 3.63) is 34.5 Å². The smallest absolute Gasteiger partial charge is 0.192 e. The topological polar surface area (TPSA) is 25.6 Å². The van der Waals surface area contributed by atoms with E-state index in [1.54, 1.807) is 7.11 Å². The Balaban J connectivity index is 2.46. The van der Waals surface area contributed by atoms with Crippen molar-refractivity contribution in [2.45, 2.75) is 20.3 Å². The summed E-state index contributed by atoms with van der Waals surface area (Å²) < 4.78 is 11.4. The van der Waals surface area contributed by atoms with E-state index in [2.05, 4.69) is 24.0 Å². The second kappa shape index (κ2) is 6.86. The minimum atomic E-state index is 0.534. The van der Waals surface area contributed by atoms with E-state index in [4.69, 9.17) is 21.4 Å². The molecule has 0 saturated heterocycles. The lowest BCUT2D eigenvalue weighted by Crippen LogP contribution is -2.25. The first-order valence-electron chi connectivity index (χ1n) is 6.94. The second-order valence-electron chi connectivity index (χ2n) is 4.83. The molecule has 0 aliphatic heterocycles. The van der Waals surface area contributed by atoms with E-state index < -0.39 is 0 Å². The SMILES string of the molecule is CCN(CCCOC)c1cc(=S)oc2c(C)cccc12. The summed E-state index contributed by atoms with van der Waals surface area (Å²) >= 11 is 5.27. The first-order chi connectivity index (χ1) is 9.67. The average molecular weight is 291 g/mol. The Kier molecular flexibility index (Phi) is 5.15. The molecule has 0 bridgehead atoms. The average Bonchev–Trinajstić information content (AvgIpc) is 2.44. The third-order valence-corrected chi connectivity index (χ3v) is 3.65. The monoisotopic (exact) mass is 291 g/mol. The maximum absolute atomic E-state index is 5.72. The van der Waals surface area contributed by atoms with Gasteiger partial charge in [0.15, 0.2) is 4.71 Å². The van der Waals surface area contributed by atoms with E-state index in [0.717, 1.165) is 48.3 Å². The van der Waals surface area contributed by atoms with Crippen molar-refractivity contribution in [3.8, 4) is 0 Å². The van der Waals surface area contributed by atoms with E-state index >= 15 is 0 Å². The van der Waals surface area contributed by atoms with Gasteiger partial charge in [-0.05, 0) is 44.1 Å². The Labute approximate surface area is 125 Å². The molecule has 20 heavy (non-hydrogen) atoms. The van der Waals surface area contributed by atoms with E-state index in [1.165, 1.54) is 0 Å². The Morgan fingerprint density at radius 2 is 2.15 bits per heavy atom. The Morgan fingerprint density at radius 1 is 1.35 bits per heavy atom. The van der Waals surface area contributed by atoms with Gasteiger partial charge in [0.2, 0.25) is 0 Å². The number of anilines is 1. The van der Waals surface area contributed by atoms with Crippen LogP contribution in [0.25, 0.3) is 11.0 Å². The predicted molar refractivity (Wildman–Crippen MR) is 86.2 cm³/mol. The van der Waals surface area contributed by atoms with Crippen molar-refractivity contribution < 1.29 is 9.15 Å². The summed E-state index contributed by atoms with van der Waals surface area (Å²) in [5, 5.41) is 1.12. The standard InChI is InChI=1S/C16H21NO2S/c1-4-17(9-6-10-18-3)14-11-15(20)19-16-12(2)7-5-8-13(14)16/h5,7-8,11H,4,6,9-10H2,1-3H3. The quantitative estimate of drug-likeness (QED) is 0.584. The molecule has 3 nitrogen and oxygen atoms in total. The number of methoxy groups -OCH3 is 1. The maximum atomic E-state index is 5.72. The van der Waals surface area contributed by atoms with Gasteiger partial charge in [0.1, 0.15) is 5.58 Å². The number of hydrogen-bond donors (Lipinski definition) is 0. The van der Waals surface area contributed by atoms with Crippen LogP contribution >= 0.6 is 12.2 Å². The Hall–Kier alpha value is -1.39. The number of rotatable bonds is 6. The summed E-state index contributed by atoms with van der Waals surface area (Å²) in [4.78, 5) is 2.33. The molecule has 0 radical (unpaired) electrons. The van der Waals surface area contributed by atoms with Crippen LogP contribution in [-0.2, 0) is 4.74 Å². The van der Waals surface area contributed by atoms with Crippen molar-refractivity contribution in [2.24, 2.45) is 0 Å². The summed E-state index contributed by atoms with van der Waals surface area (Å²) in [5.41, 5.74) is 3.15. The fraction of sp³-hybridized carbons (Fsp3) is 0.438. The molecule has 0 spiro atoms. The summed E-state index contributed by atoms with van der Waals surface area (Å²) in [6, 6.07) is 8.15. The Bertz CT molecular complexity index is 636. The van der Waals surface area contributed by atoms with Crippen LogP contribution in [0.4, 0.5) is 5.69 Å². The van der Waals surface area contributed by atoms with Crippen LogP contribution in [0.3, 0.4) is 0 Å². The molecule has 0 amide bonds. The highest BCUT2D eigenvalue weighted by atomic mass is 32.1. The minimum absolute atomic E-state index is 0.534. The van der Waals surface area contributed by atoms with E-state index in [1.807, 2.05) is 19.1 Å². The fourth-order valence-electron chi connectivity index (χ4n) is 2.42. The van der Waals surface area contributed by atoms with Gasteiger partial charge in [0.25, 0.3) is 0 Å². The molecule has 0 aliphatic rings. The number of nitrogens with zero attached hydrogens (tertiary/aromatic N) is 1. The van der Waals surface area contributed by atoms with Crippen LogP contribution in [0.15, 0.2) is 28.7 Å². The summed E-state index contributed by atoms with van der Waals surface area (Å²) in [6.45, 7) is 6.86. The zero-order chi connectivity index (χ0) is 14.5. The van der Waals surface area contributed by atoms with Crippen molar-refractivity contribution in [2.75, 3.05) is 31.7 Å². The third-order valence-electron chi connectivity index (χ3n) is 3.44. The lowest BCUT2D eigenvalue weighted by atomic mass is 10.1. The number of fused-ring (bicyclic) bond motifs is 1. The minimum Gasteiger partial charge on any atom is -0.445 e. The fourth-order valence-corrected chi connectivity index (χ4v) is 2.61. The number of ether oxygens (including phenoxy) is 1. The van der Waals surface area contributed by atoms with Crippen LogP contribution in [0, 0.1) is 11.6 Å². The molecule has 2 aromatic rings. The maximum Gasteiger partial charge on any atom is 0.192 e. The molecule has 0 fully saturated rings. The molecule has 1 aromatic heterocycles. The molecule has 108 valence electrons. The summed E-state index contributed by atoms with van der Waals surface area (Å²) in [5.74, 6) is 0.